The third-order valence-electron chi connectivity index (χ3n) is 6.93. The number of aryl methyl sites for hydroxylation is 3. The van der Waals surface area contributed by atoms with E-state index in [0.29, 0.717) is 17.5 Å². The van der Waals surface area contributed by atoms with Gasteiger partial charge in [0.1, 0.15) is 11.6 Å². The summed E-state index contributed by atoms with van der Waals surface area (Å²) in [7, 11) is 0. The number of rotatable bonds is 9. The second kappa shape index (κ2) is 12.9. The number of hydrogen-bond acceptors (Lipinski definition) is 0. The summed E-state index contributed by atoms with van der Waals surface area (Å²) in [6.45, 7) is 2.23. The van der Waals surface area contributed by atoms with Crippen LogP contribution in [-0.4, -0.2) is 0 Å². The SMILES string of the molecule is CCCCCCCc1ccc(CCc2ccc3c(F)c(C#Cc4ccc(C(F)(F)F)c(F)c4)ccc3c2)cc1. The summed E-state index contributed by atoms with van der Waals surface area (Å²) in [5.74, 6) is 3.26. The minimum atomic E-state index is -4.78. The van der Waals surface area contributed by atoms with Crippen molar-refractivity contribution in [2.75, 3.05) is 0 Å². The van der Waals surface area contributed by atoms with Crippen LogP contribution in [0, 0.1) is 23.5 Å². The van der Waals surface area contributed by atoms with E-state index >= 15 is 4.39 Å². The molecule has 0 saturated carbocycles. The Morgan fingerprint density at radius 2 is 1.31 bits per heavy atom. The Kier molecular flexibility index (Phi) is 9.41. The average molecular weight is 535 g/mol. The van der Waals surface area contributed by atoms with Crippen LogP contribution in [0.15, 0.2) is 72.8 Å². The Bertz CT molecular complexity index is 1470. The third kappa shape index (κ3) is 7.69. The van der Waals surface area contributed by atoms with Gasteiger partial charge in [0, 0.05) is 10.9 Å². The van der Waals surface area contributed by atoms with Gasteiger partial charge in [0.15, 0.2) is 0 Å². The Labute approximate surface area is 226 Å². The second-order valence-corrected chi connectivity index (χ2v) is 9.91. The summed E-state index contributed by atoms with van der Waals surface area (Å²) in [5.41, 5.74) is 2.52. The van der Waals surface area contributed by atoms with E-state index in [-0.39, 0.29) is 11.1 Å². The fourth-order valence-electron chi connectivity index (χ4n) is 4.65. The van der Waals surface area contributed by atoms with Gasteiger partial charge in [-0.05, 0) is 72.0 Å². The molecule has 0 amide bonds. The van der Waals surface area contributed by atoms with E-state index in [9.17, 15) is 17.6 Å². The molecule has 0 heterocycles. The predicted molar refractivity (Wildman–Crippen MR) is 148 cm³/mol. The van der Waals surface area contributed by atoms with E-state index in [2.05, 4.69) is 43.0 Å². The lowest BCUT2D eigenvalue weighted by atomic mass is 9.98. The molecule has 202 valence electrons. The number of unbranched alkanes of at least 4 members (excludes halogenated alkanes) is 4. The van der Waals surface area contributed by atoms with Gasteiger partial charge in [0.25, 0.3) is 0 Å². The quantitative estimate of drug-likeness (QED) is 0.114. The first-order valence-corrected chi connectivity index (χ1v) is 13.4. The smallest absolute Gasteiger partial charge is 0.206 e. The second-order valence-electron chi connectivity index (χ2n) is 9.91. The first-order chi connectivity index (χ1) is 18.7. The summed E-state index contributed by atoms with van der Waals surface area (Å²) in [6.07, 6.45) is 4.44. The fraction of sp³-hybridized carbons (Fsp3) is 0.294. The summed E-state index contributed by atoms with van der Waals surface area (Å²) < 4.78 is 67.2. The van der Waals surface area contributed by atoms with Crippen LogP contribution in [0.1, 0.15) is 72.4 Å². The van der Waals surface area contributed by atoms with Crippen molar-refractivity contribution in [2.45, 2.75) is 64.5 Å². The molecule has 0 radical (unpaired) electrons. The predicted octanol–water partition coefficient (Wildman–Crippen LogP) is 9.83. The molecule has 0 unspecified atom stereocenters. The minimum absolute atomic E-state index is 0.0374. The lowest BCUT2D eigenvalue weighted by Gasteiger charge is -2.08. The van der Waals surface area contributed by atoms with Gasteiger partial charge in [0.2, 0.25) is 0 Å². The zero-order chi connectivity index (χ0) is 27.8. The van der Waals surface area contributed by atoms with Gasteiger partial charge in [-0.2, -0.15) is 13.2 Å². The lowest BCUT2D eigenvalue weighted by molar-refractivity contribution is -0.140. The molecule has 4 aromatic carbocycles. The van der Waals surface area contributed by atoms with Gasteiger partial charge in [-0.3, -0.25) is 0 Å². The van der Waals surface area contributed by atoms with Crippen LogP contribution in [-0.2, 0) is 25.4 Å². The van der Waals surface area contributed by atoms with Crippen molar-refractivity contribution in [3.05, 3.63) is 118 Å². The van der Waals surface area contributed by atoms with Crippen molar-refractivity contribution in [3.8, 4) is 11.8 Å². The standard InChI is InChI=1S/C34H31F5/c1-2-3-4-5-6-7-24-8-10-25(11-9-24)12-13-26-15-20-30-29(22-26)19-18-28(33(30)36)17-14-27-16-21-31(32(35)23-27)34(37,38)39/h8-11,15-16,18-23H,2-7,12-13H2,1H3. The zero-order valence-electron chi connectivity index (χ0n) is 22.0. The maximum absolute atomic E-state index is 15.1. The average Bonchev–Trinajstić information content (AvgIpc) is 2.91. The summed E-state index contributed by atoms with van der Waals surface area (Å²) in [5, 5.41) is 1.15. The van der Waals surface area contributed by atoms with E-state index in [1.54, 1.807) is 12.1 Å². The number of fused-ring (bicyclic) bond motifs is 1. The maximum atomic E-state index is 15.1. The first kappa shape index (κ1) is 28.4. The Balaban J connectivity index is 1.39. The highest BCUT2D eigenvalue weighted by atomic mass is 19.4. The van der Waals surface area contributed by atoms with Gasteiger partial charge in [-0.1, -0.05) is 93.0 Å². The van der Waals surface area contributed by atoms with Crippen molar-refractivity contribution in [1.82, 2.24) is 0 Å². The molecular weight excluding hydrogens is 503 g/mol. The zero-order valence-corrected chi connectivity index (χ0v) is 22.0. The molecule has 0 N–H and O–H groups in total. The molecule has 4 rings (SSSR count). The van der Waals surface area contributed by atoms with Crippen molar-refractivity contribution >= 4 is 10.8 Å². The monoisotopic (exact) mass is 534 g/mol. The van der Waals surface area contributed by atoms with Crippen molar-refractivity contribution < 1.29 is 22.0 Å². The van der Waals surface area contributed by atoms with Crippen LogP contribution in [0.4, 0.5) is 22.0 Å². The Morgan fingerprint density at radius 3 is 2.00 bits per heavy atom. The summed E-state index contributed by atoms with van der Waals surface area (Å²) in [6, 6.07) is 20.1. The summed E-state index contributed by atoms with van der Waals surface area (Å²) in [4.78, 5) is 0. The molecule has 0 saturated heterocycles. The number of halogens is 5. The van der Waals surface area contributed by atoms with Gasteiger partial charge < -0.3 is 0 Å². The molecule has 4 aromatic rings. The lowest BCUT2D eigenvalue weighted by Crippen LogP contribution is -2.07. The van der Waals surface area contributed by atoms with Crippen LogP contribution < -0.4 is 0 Å². The topological polar surface area (TPSA) is 0 Å². The molecule has 0 aromatic heterocycles. The molecule has 39 heavy (non-hydrogen) atoms. The Hall–Kier alpha value is -3.65. The van der Waals surface area contributed by atoms with E-state index in [0.717, 1.165) is 36.3 Å². The highest BCUT2D eigenvalue weighted by molar-refractivity contribution is 5.85. The summed E-state index contributed by atoms with van der Waals surface area (Å²) >= 11 is 0. The third-order valence-corrected chi connectivity index (χ3v) is 6.93. The van der Waals surface area contributed by atoms with Crippen LogP contribution in [0.3, 0.4) is 0 Å². The molecule has 0 spiro atoms. The molecule has 0 aliphatic carbocycles. The van der Waals surface area contributed by atoms with Gasteiger partial charge in [-0.25, -0.2) is 8.78 Å². The number of alkyl halides is 3. The largest absolute Gasteiger partial charge is 0.419 e. The van der Waals surface area contributed by atoms with Crippen molar-refractivity contribution in [1.29, 1.82) is 0 Å². The van der Waals surface area contributed by atoms with Crippen molar-refractivity contribution in [3.63, 3.8) is 0 Å². The highest BCUT2D eigenvalue weighted by Gasteiger charge is 2.33. The number of hydrogen-bond donors (Lipinski definition) is 0. The molecule has 0 bridgehead atoms. The minimum Gasteiger partial charge on any atom is -0.206 e. The molecule has 0 fully saturated rings. The van der Waals surface area contributed by atoms with Gasteiger partial charge in [-0.15, -0.1) is 0 Å². The van der Waals surface area contributed by atoms with E-state index in [1.165, 1.54) is 49.3 Å². The fourth-order valence-corrected chi connectivity index (χ4v) is 4.65. The van der Waals surface area contributed by atoms with Gasteiger partial charge >= 0.3 is 6.18 Å². The number of benzene rings is 4. The van der Waals surface area contributed by atoms with Crippen LogP contribution in [0.5, 0.6) is 0 Å². The highest BCUT2D eigenvalue weighted by Crippen LogP contribution is 2.31. The molecular formula is C34H31F5. The normalized spacial score (nSPS) is 11.4. The van der Waals surface area contributed by atoms with Crippen LogP contribution >= 0.6 is 0 Å². The van der Waals surface area contributed by atoms with E-state index in [4.69, 9.17) is 0 Å². The molecule has 0 atom stereocenters. The Morgan fingerprint density at radius 1 is 0.641 bits per heavy atom. The van der Waals surface area contributed by atoms with Gasteiger partial charge in [0.05, 0.1) is 11.1 Å². The molecule has 0 nitrogen and oxygen atoms in total. The molecule has 5 heteroatoms. The molecule has 0 aliphatic rings. The first-order valence-electron chi connectivity index (χ1n) is 13.4. The van der Waals surface area contributed by atoms with E-state index < -0.39 is 23.4 Å². The van der Waals surface area contributed by atoms with Crippen LogP contribution in [0.2, 0.25) is 0 Å². The van der Waals surface area contributed by atoms with Crippen molar-refractivity contribution in [2.24, 2.45) is 0 Å². The molecule has 0 aliphatic heterocycles. The maximum Gasteiger partial charge on any atom is 0.419 e. The van der Waals surface area contributed by atoms with Crippen LogP contribution in [0.25, 0.3) is 10.8 Å². The van der Waals surface area contributed by atoms with E-state index in [1.807, 2.05) is 12.1 Å².